The van der Waals surface area contributed by atoms with Crippen LogP contribution in [0, 0.1) is 0 Å². The van der Waals surface area contributed by atoms with Crippen LogP contribution in [0.15, 0.2) is 6.07 Å². The van der Waals surface area contributed by atoms with Gasteiger partial charge < -0.3 is 10.1 Å². The molecule has 0 saturated heterocycles. The molecule has 6 heteroatoms. The van der Waals surface area contributed by atoms with Gasteiger partial charge in [-0.05, 0) is 25.5 Å². The van der Waals surface area contributed by atoms with Gasteiger partial charge in [0.25, 0.3) is 0 Å². The van der Waals surface area contributed by atoms with E-state index in [9.17, 15) is 13.2 Å². The van der Waals surface area contributed by atoms with Gasteiger partial charge in [0.1, 0.15) is 5.75 Å². The second-order valence-electron chi connectivity index (χ2n) is 5.70. The van der Waals surface area contributed by atoms with E-state index in [2.05, 4.69) is 5.32 Å². The molecule has 1 aromatic carbocycles. The summed E-state index contributed by atoms with van der Waals surface area (Å²) in [6, 6.07) is 1.11. The number of hydrogen-bond donors (Lipinski definition) is 1. The van der Waals surface area contributed by atoms with Crippen LogP contribution in [-0.4, -0.2) is 17.0 Å². The van der Waals surface area contributed by atoms with Gasteiger partial charge in [-0.15, -0.1) is 0 Å². The van der Waals surface area contributed by atoms with Gasteiger partial charge in [0.05, 0.1) is 17.7 Å². The Balaban J connectivity index is 2.25. The van der Waals surface area contributed by atoms with E-state index < -0.39 is 17.3 Å². The molecule has 2 nitrogen and oxygen atoms in total. The molecule has 1 N–H and O–H groups in total. The summed E-state index contributed by atoms with van der Waals surface area (Å²) in [4.78, 5) is 0.592. The maximum absolute atomic E-state index is 13.2. The quantitative estimate of drug-likeness (QED) is 0.737. The van der Waals surface area contributed by atoms with E-state index in [-0.39, 0.29) is 12.0 Å². The third kappa shape index (κ3) is 1.97. The number of halogens is 3. The average molecular weight is 301 g/mol. The Morgan fingerprint density at radius 1 is 1.30 bits per heavy atom. The SMILES string of the molecule is CC1(C)Nc2c3c(cc(C(F)(F)F)c2CC1=S)OCC3. The smallest absolute Gasteiger partial charge is 0.416 e. The monoisotopic (exact) mass is 301 g/mol. The molecule has 1 aromatic rings. The normalized spacial score (nSPS) is 19.9. The van der Waals surface area contributed by atoms with E-state index in [4.69, 9.17) is 17.0 Å². The molecule has 2 aliphatic heterocycles. The van der Waals surface area contributed by atoms with Crippen molar-refractivity contribution in [2.24, 2.45) is 0 Å². The van der Waals surface area contributed by atoms with Crippen molar-refractivity contribution in [3.63, 3.8) is 0 Å². The molecular formula is C14H14F3NOS. The number of nitrogens with one attached hydrogen (secondary N) is 1. The second-order valence-corrected chi connectivity index (χ2v) is 6.19. The van der Waals surface area contributed by atoms with E-state index in [0.29, 0.717) is 29.3 Å². The van der Waals surface area contributed by atoms with Gasteiger partial charge in [0.2, 0.25) is 0 Å². The van der Waals surface area contributed by atoms with Crippen molar-refractivity contribution in [2.45, 2.75) is 38.4 Å². The Kier molecular flexibility index (Phi) is 2.80. The van der Waals surface area contributed by atoms with E-state index in [0.717, 1.165) is 11.6 Å². The number of hydrogen-bond acceptors (Lipinski definition) is 3. The summed E-state index contributed by atoms with van der Waals surface area (Å²) in [6.07, 6.45) is -3.59. The highest BCUT2D eigenvalue weighted by Crippen LogP contribution is 2.46. The van der Waals surface area contributed by atoms with Gasteiger partial charge in [-0.1, -0.05) is 12.2 Å². The molecular weight excluding hydrogens is 287 g/mol. The highest BCUT2D eigenvalue weighted by Gasteiger charge is 2.41. The topological polar surface area (TPSA) is 21.3 Å². The van der Waals surface area contributed by atoms with Crippen LogP contribution >= 0.6 is 12.2 Å². The first kappa shape index (κ1) is 13.7. The minimum atomic E-state index is -4.40. The summed E-state index contributed by atoms with van der Waals surface area (Å²) in [7, 11) is 0. The summed E-state index contributed by atoms with van der Waals surface area (Å²) < 4.78 is 45.0. The first-order valence-corrected chi connectivity index (χ1v) is 6.81. The van der Waals surface area contributed by atoms with Gasteiger partial charge in [-0.2, -0.15) is 13.2 Å². The molecule has 0 unspecified atom stereocenters. The fourth-order valence-corrected chi connectivity index (χ4v) is 2.93. The van der Waals surface area contributed by atoms with Gasteiger partial charge in [-0.3, -0.25) is 0 Å². The number of anilines is 1. The molecule has 0 aromatic heterocycles. The highest BCUT2D eigenvalue weighted by atomic mass is 32.1. The molecule has 0 atom stereocenters. The summed E-state index contributed by atoms with van der Waals surface area (Å²) in [5.74, 6) is 0.340. The minimum absolute atomic E-state index is 0.173. The van der Waals surface area contributed by atoms with Gasteiger partial charge in [0, 0.05) is 29.0 Å². The largest absolute Gasteiger partial charge is 0.493 e. The molecule has 0 fully saturated rings. The van der Waals surface area contributed by atoms with Crippen molar-refractivity contribution >= 4 is 22.8 Å². The number of ether oxygens (including phenoxy) is 1. The molecule has 0 bridgehead atoms. The van der Waals surface area contributed by atoms with E-state index >= 15 is 0 Å². The lowest BCUT2D eigenvalue weighted by Gasteiger charge is -2.37. The maximum atomic E-state index is 13.2. The van der Waals surface area contributed by atoms with Crippen LogP contribution in [0.25, 0.3) is 0 Å². The average Bonchev–Trinajstić information content (AvgIpc) is 2.76. The Hall–Kier alpha value is -1.30. The summed E-state index contributed by atoms with van der Waals surface area (Å²) >= 11 is 5.27. The lowest BCUT2D eigenvalue weighted by atomic mass is 9.84. The second kappa shape index (κ2) is 4.10. The zero-order chi connectivity index (χ0) is 14.7. The van der Waals surface area contributed by atoms with Crippen LogP contribution < -0.4 is 10.1 Å². The van der Waals surface area contributed by atoms with E-state index in [1.807, 2.05) is 13.8 Å². The van der Waals surface area contributed by atoms with Crippen LogP contribution in [0.5, 0.6) is 5.75 Å². The van der Waals surface area contributed by atoms with Crippen molar-refractivity contribution in [3.8, 4) is 5.75 Å². The Bertz CT molecular complexity index is 607. The molecule has 0 aliphatic carbocycles. The zero-order valence-electron chi connectivity index (χ0n) is 11.1. The summed E-state index contributed by atoms with van der Waals surface area (Å²) in [5.41, 5.74) is 0.530. The highest BCUT2D eigenvalue weighted by molar-refractivity contribution is 7.80. The Morgan fingerprint density at radius 2 is 2.00 bits per heavy atom. The zero-order valence-corrected chi connectivity index (χ0v) is 12.0. The standard InChI is InChI=1S/C14H14F3NOS/c1-13(2)11(20)5-8-9(14(15,16)17)6-10-7(3-4-19-10)12(8)18-13/h6,18H,3-5H2,1-2H3. The van der Waals surface area contributed by atoms with E-state index in [1.54, 1.807) is 0 Å². The first-order chi connectivity index (χ1) is 9.20. The summed E-state index contributed by atoms with van der Waals surface area (Å²) in [6.45, 7) is 4.21. The fraction of sp³-hybridized carbons (Fsp3) is 0.500. The van der Waals surface area contributed by atoms with Crippen molar-refractivity contribution < 1.29 is 17.9 Å². The Morgan fingerprint density at radius 3 is 2.65 bits per heavy atom. The number of rotatable bonds is 0. The fourth-order valence-electron chi connectivity index (χ4n) is 2.74. The van der Waals surface area contributed by atoms with Crippen LogP contribution in [0.2, 0.25) is 0 Å². The number of thiocarbonyl (C=S) groups is 1. The third-order valence-corrected chi connectivity index (χ3v) is 4.54. The summed E-state index contributed by atoms with van der Waals surface area (Å²) in [5, 5.41) is 3.18. The molecule has 0 amide bonds. The molecule has 0 radical (unpaired) electrons. The molecule has 20 heavy (non-hydrogen) atoms. The van der Waals surface area contributed by atoms with Crippen LogP contribution in [-0.2, 0) is 19.0 Å². The lowest BCUT2D eigenvalue weighted by Crippen LogP contribution is -2.44. The third-order valence-electron chi connectivity index (χ3n) is 3.89. The van der Waals surface area contributed by atoms with Crippen molar-refractivity contribution in [3.05, 3.63) is 22.8 Å². The molecule has 3 rings (SSSR count). The van der Waals surface area contributed by atoms with Crippen molar-refractivity contribution in [1.29, 1.82) is 0 Å². The first-order valence-electron chi connectivity index (χ1n) is 6.40. The molecule has 0 saturated carbocycles. The predicted molar refractivity (Wildman–Crippen MR) is 74.6 cm³/mol. The predicted octanol–water partition coefficient (Wildman–Crippen LogP) is 3.76. The van der Waals surface area contributed by atoms with Gasteiger partial charge in [-0.25, -0.2) is 0 Å². The lowest BCUT2D eigenvalue weighted by molar-refractivity contribution is -0.138. The van der Waals surface area contributed by atoms with E-state index in [1.165, 1.54) is 0 Å². The minimum Gasteiger partial charge on any atom is -0.493 e. The van der Waals surface area contributed by atoms with Gasteiger partial charge >= 0.3 is 6.18 Å². The van der Waals surface area contributed by atoms with Crippen LogP contribution in [0.3, 0.4) is 0 Å². The number of benzene rings is 1. The number of fused-ring (bicyclic) bond motifs is 3. The molecule has 2 heterocycles. The van der Waals surface area contributed by atoms with Crippen LogP contribution in [0.4, 0.5) is 18.9 Å². The molecule has 2 aliphatic rings. The molecule has 108 valence electrons. The van der Waals surface area contributed by atoms with Crippen LogP contribution in [0.1, 0.15) is 30.5 Å². The molecule has 0 spiro atoms. The Labute approximate surface area is 120 Å². The maximum Gasteiger partial charge on any atom is 0.416 e. The number of alkyl halides is 3. The van der Waals surface area contributed by atoms with Crippen molar-refractivity contribution in [1.82, 2.24) is 0 Å². The van der Waals surface area contributed by atoms with Gasteiger partial charge in [0.15, 0.2) is 0 Å². The van der Waals surface area contributed by atoms with Crippen molar-refractivity contribution in [2.75, 3.05) is 11.9 Å².